The second kappa shape index (κ2) is 23.4. The molecule has 0 aliphatic heterocycles. The molecule has 0 saturated heterocycles. The zero-order valence-corrected chi connectivity index (χ0v) is 34.1. The normalized spacial score (nSPS) is 13.6. The lowest BCUT2D eigenvalue weighted by atomic mass is 9.70. The molecule has 1 rings (SSSR count). The molecule has 1 atom stereocenters. The average molecular weight is 681 g/mol. The van der Waals surface area contributed by atoms with Gasteiger partial charge in [0.15, 0.2) is 0 Å². The molecule has 0 radical (unpaired) electrons. The first-order valence-electron chi connectivity index (χ1n) is 17.5. The van der Waals surface area contributed by atoms with Crippen LogP contribution in [0, 0.1) is 16.2 Å². The number of hydrogen-bond acceptors (Lipinski definition) is 6. The Labute approximate surface area is 300 Å². The van der Waals surface area contributed by atoms with Gasteiger partial charge in [0, 0.05) is 5.41 Å². The molecule has 49 heavy (non-hydrogen) atoms. The van der Waals surface area contributed by atoms with Crippen molar-refractivity contribution in [1.82, 2.24) is 0 Å². The molecule has 0 heterocycles. The van der Waals surface area contributed by atoms with Crippen molar-refractivity contribution < 1.29 is 28.6 Å². The summed E-state index contributed by atoms with van der Waals surface area (Å²) in [7, 11) is 0. The molecule has 0 unspecified atom stereocenters. The van der Waals surface area contributed by atoms with Crippen molar-refractivity contribution in [1.29, 1.82) is 0 Å². The summed E-state index contributed by atoms with van der Waals surface area (Å²) in [5.74, 6) is -0.183. The summed E-state index contributed by atoms with van der Waals surface area (Å²) in [5, 5.41) is 0. The molecule has 0 bridgehead atoms. The van der Waals surface area contributed by atoms with E-state index in [2.05, 4.69) is 6.58 Å². The molecular formula is C43H68O6. The lowest BCUT2D eigenvalue weighted by Gasteiger charge is -2.33. The van der Waals surface area contributed by atoms with Crippen LogP contribution in [0.15, 0.2) is 96.5 Å². The van der Waals surface area contributed by atoms with Crippen LogP contribution < -0.4 is 4.74 Å². The van der Waals surface area contributed by atoms with Crippen molar-refractivity contribution in [2.45, 2.75) is 130 Å². The first kappa shape index (κ1) is 49.5. The van der Waals surface area contributed by atoms with Crippen molar-refractivity contribution >= 4 is 17.9 Å². The number of carbonyl (C=O) groups is 3. The van der Waals surface area contributed by atoms with Gasteiger partial charge in [-0.1, -0.05) is 84.6 Å². The van der Waals surface area contributed by atoms with E-state index >= 15 is 0 Å². The minimum atomic E-state index is -0.791. The van der Waals surface area contributed by atoms with Gasteiger partial charge in [0.2, 0.25) is 0 Å². The van der Waals surface area contributed by atoms with Gasteiger partial charge in [0.05, 0.1) is 22.5 Å². The Morgan fingerprint density at radius 1 is 0.653 bits per heavy atom. The molecule has 0 aliphatic rings. The van der Waals surface area contributed by atoms with Gasteiger partial charge in [0.25, 0.3) is 0 Å². The summed E-state index contributed by atoms with van der Waals surface area (Å²) in [5.41, 5.74) is -0.304. The number of carbonyl (C=O) groups excluding carboxylic acids is 3. The third-order valence-electron chi connectivity index (χ3n) is 6.52. The lowest BCUT2D eigenvalue weighted by molar-refractivity contribution is -0.148. The highest BCUT2D eigenvalue weighted by Gasteiger charge is 2.33. The van der Waals surface area contributed by atoms with Crippen LogP contribution in [0.5, 0.6) is 5.75 Å². The van der Waals surface area contributed by atoms with Gasteiger partial charge in [-0.05, 0) is 130 Å². The van der Waals surface area contributed by atoms with Crippen LogP contribution in [0.2, 0.25) is 0 Å². The topological polar surface area (TPSA) is 78.9 Å². The van der Waals surface area contributed by atoms with Crippen molar-refractivity contribution in [2.24, 2.45) is 16.2 Å². The van der Waals surface area contributed by atoms with Gasteiger partial charge in [-0.15, -0.1) is 0 Å². The van der Waals surface area contributed by atoms with Gasteiger partial charge >= 0.3 is 17.9 Å². The molecule has 0 amide bonds. The molecule has 1 aromatic carbocycles. The summed E-state index contributed by atoms with van der Waals surface area (Å²) in [6.07, 6.45) is 14.0. The highest BCUT2D eigenvalue weighted by molar-refractivity contribution is 5.78. The monoisotopic (exact) mass is 681 g/mol. The first-order chi connectivity index (χ1) is 22.7. The number of esters is 3. The van der Waals surface area contributed by atoms with Crippen LogP contribution in [0.3, 0.4) is 0 Å². The maximum Gasteiger partial charge on any atom is 0.316 e. The fourth-order valence-electron chi connectivity index (χ4n) is 3.44. The van der Waals surface area contributed by atoms with E-state index in [1.807, 2.05) is 91.8 Å². The number of benzene rings is 1. The van der Waals surface area contributed by atoms with E-state index < -0.39 is 21.7 Å². The van der Waals surface area contributed by atoms with Crippen LogP contribution in [-0.2, 0) is 29.3 Å². The Kier molecular flexibility index (Phi) is 23.6. The summed E-state index contributed by atoms with van der Waals surface area (Å²) < 4.78 is 16.5. The number of hydrogen-bond donors (Lipinski definition) is 0. The average Bonchev–Trinajstić information content (AvgIpc) is 3.05. The quantitative estimate of drug-likeness (QED) is 0.106. The van der Waals surface area contributed by atoms with Crippen molar-refractivity contribution in [3.8, 4) is 5.75 Å². The molecule has 0 aliphatic carbocycles. The molecule has 0 spiro atoms. The fourth-order valence-corrected chi connectivity index (χ4v) is 3.44. The largest absolute Gasteiger partial charge is 0.434 e. The Hall–Kier alpha value is -3.93. The van der Waals surface area contributed by atoms with E-state index in [0.29, 0.717) is 17.1 Å². The number of ether oxygens (including phenoxy) is 3. The second-order valence-corrected chi connectivity index (χ2v) is 13.6. The lowest BCUT2D eigenvalue weighted by Crippen LogP contribution is -2.27. The first-order valence-corrected chi connectivity index (χ1v) is 17.5. The van der Waals surface area contributed by atoms with Crippen molar-refractivity contribution in [3.05, 3.63) is 102 Å². The van der Waals surface area contributed by atoms with Gasteiger partial charge in [-0.25, -0.2) is 0 Å². The van der Waals surface area contributed by atoms with Gasteiger partial charge in [-0.2, -0.15) is 0 Å². The third kappa shape index (κ3) is 17.3. The zero-order valence-electron chi connectivity index (χ0n) is 34.1. The maximum atomic E-state index is 12.5. The van der Waals surface area contributed by atoms with Crippen LogP contribution in [0.25, 0.3) is 0 Å². The van der Waals surface area contributed by atoms with E-state index in [1.54, 1.807) is 99.6 Å². The SMILES string of the molecule is C=C(/C=C\C(=C/C)OC(=O)C(C)(C)C)[C@@](C)(C(/C=C\C)=C/C=C/OC(=O)C(C)(C)C)c1ccc(OC(=O)C(C)(C)C)cc1.CC.CC.CC. The maximum absolute atomic E-state index is 12.5. The van der Waals surface area contributed by atoms with Crippen LogP contribution in [0.1, 0.15) is 130 Å². The Balaban J connectivity index is -0.00000333. The Morgan fingerprint density at radius 2 is 1.12 bits per heavy atom. The van der Waals surface area contributed by atoms with E-state index in [9.17, 15) is 14.4 Å². The minimum absolute atomic E-state index is 0.330. The smallest absolute Gasteiger partial charge is 0.316 e. The van der Waals surface area contributed by atoms with E-state index in [1.165, 1.54) is 6.26 Å². The molecule has 6 heteroatoms. The summed E-state index contributed by atoms with van der Waals surface area (Å²) in [6.45, 7) is 38.3. The fraction of sp³-hybridized carbons (Fsp3) is 0.512. The predicted octanol–water partition coefficient (Wildman–Crippen LogP) is 12.2. The van der Waals surface area contributed by atoms with Crippen molar-refractivity contribution in [3.63, 3.8) is 0 Å². The molecular weight excluding hydrogens is 612 g/mol. The predicted molar refractivity (Wildman–Crippen MR) is 208 cm³/mol. The molecule has 1 aromatic rings. The molecule has 0 saturated carbocycles. The van der Waals surface area contributed by atoms with E-state index in [0.717, 1.165) is 11.1 Å². The van der Waals surface area contributed by atoms with Crippen LogP contribution >= 0.6 is 0 Å². The molecule has 0 aromatic heterocycles. The molecule has 0 N–H and O–H groups in total. The van der Waals surface area contributed by atoms with E-state index in [-0.39, 0.29) is 17.9 Å². The van der Waals surface area contributed by atoms with Crippen molar-refractivity contribution in [2.75, 3.05) is 0 Å². The summed E-state index contributed by atoms with van der Waals surface area (Å²) >= 11 is 0. The highest BCUT2D eigenvalue weighted by Crippen LogP contribution is 2.41. The third-order valence-corrected chi connectivity index (χ3v) is 6.52. The standard InChI is InChI=1S/C37H50O6.3C2H6/c1-14-17-27(18-16-25-41-31(38)34(4,5)6)37(13,26(3)19-22-29(15-2)42-32(39)35(7,8)9)28-20-23-30(24-21-28)43-33(40)36(10,11)12;3*1-2/h14-25H,3H2,1-2,4-13H3;3*1-2H3/b17-14-,22-19-,25-16+,27-18+,29-15+;;;/t37-;;;/m0.../s1. The Morgan fingerprint density at radius 3 is 1.53 bits per heavy atom. The minimum Gasteiger partial charge on any atom is -0.434 e. The summed E-state index contributed by atoms with van der Waals surface area (Å²) in [6, 6.07) is 7.29. The molecule has 276 valence electrons. The van der Waals surface area contributed by atoms with Crippen LogP contribution in [-0.4, -0.2) is 17.9 Å². The zero-order chi connectivity index (χ0) is 39.2. The van der Waals surface area contributed by atoms with Gasteiger partial charge < -0.3 is 14.2 Å². The highest BCUT2D eigenvalue weighted by atomic mass is 16.5. The molecule has 6 nitrogen and oxygen atoms in total. The van der Waals surface area contributed by atoms with E-state index in [4.69, 9.17) is 14.2 Å². The second-order valence-electron chi connectivity index (χ2n) is 13.6. The molecule has 0 fully saturated rings. The van der Waals surface area contributed by atoms with Crippen LogP contribution in [0.4, 0.5) is 0 Å². The number of rotatable bonds is 10. The number of allylic oxidation sites excluding steroid dienone is 9. The Bertz CT molecular complexity index is 1310. The summed E-state index contributed by atoms with van der Waals surface area (Å²) in [4.78, 5) is 37.2. The van der Waals surface area contributed by atoms with Gasteiger partial charge in [0.1, 0.15) is 11.5 Å². The van der Waals surface area contributed by atoms with Gasteiger partial charge in [-0.3, -0.25) is 14.4 Å².